The fourth-order valence-electron chi connectivity index (χ4n) is 4.14. The molecule has 26 heavy (non-hydrogen) atoms. The van der Waals surface area contributed by atoms with E-state index in [-0.39, 0.29) is 5.92 Å². The molecule has 3 fully saturated rings. The third-order valence-electron chi connectivity index (χ3n) is 6.08. The van der Waals surface area contributed by atoms with Crippen LogP contribution in [0.3, 0.4) is 0 Å². The van der Waals surface area contributed by atoms with Crippen LogP contribution in [-0.4, -0.2) is 57.7 Å². The van der Waals surface area contributed by atoms with Crippen LogP contribution < -0.4 is 10.6 Å². The summed E-state index contributed by atoms with van der Waals surface area (Å²) in [6.45, 7) is 6.88. The van der Waals surface area contributed by atoms with Gasteiger partial charge in [0.2, 0.25) is 0 Å². The number of guanidine groups is 1. The molecule has 0 aromatic heterocycles. The zero-order chi connectivity index (χ0) is 18.6. The van der Waals surface area contributed by atoms with Crippen molar-refractivity contribution in [1.29, 1.82) is 0 Å². The zero-order valence-corrected chi connectivity index (χ0v) is 17.1. The number of ether oxygens (including phenoxy) is 1. The van der Waals surface area contributed by atoms with Crippen molar-refractivity contribution in [3.8, 4) is 0 Å². The predicted molar refractivity (Wildman–Crippen MR) is 105 cm³/mol. The van der Waals surface area contributed by atoms with Crippen molar-refractivity contribution in [2.24, 2.45) is 16.3 Å². The summed E-state index contributed by atoms with van der Waals surface area (Å²) in [7, 11) is -2.84. The lowest BCUT2D eigenvalue weighted by atomic mass is 9.75. The first kappa shape index (κ1) is 19.9. The summed E-state index contributed by atoms with van der Waals surface area (Å²) in [5, 5.41) is 7.21. The molecule has 3 rings (SSSR count). The van der Waals surface area contributed by atoms with E-state index >= 15 is 0 Å². The standard InChI is InChI=1S/C19H35N3O3S/c1-19(2)8-3-16(4-9-19)21-18(22-17-5-10-25-11-6-17)20-13-15-7-12-26(23,24)14-15/h15-17H,3-14H2,1-2H3,(H2,20,21,22). The molecule has 2 N–H and O–H groups in total. The molecule has 2 heterocycles. The van der Waals surface area contributed by atoms with Crippen LogP contribution in [0.4, 0.5) is 0 Å². The second-order valence-electron chi connectivity index (χ2n) is 9.07. The van der Waals surface area contributed by atoms with Crippen LogP contribution in [0.1, 0.15) is 58.8 Å². The van der Waals surface area contributed by atoms with E-state index in [2.05, 4.69) is 24.5 Å². The van der Waals surface area contributed by atoms with E-state index in [0.717, 1.165) is 38.4 Å². The highest BCUT2D eigenvalue weighted by atomic mass is 32.2. The van der Waals surface area contributed by atoms with Crippen LogP contribution in [0.25, 0.3) is 0 Å². The molecule has 3 aliphatic rings. The molecule has 0 aromatic carbocycles. The lowest BCUT2D eigenvalue weighted by molar-refractivity contribution is 0.0821. The number of nitrogens with one attached hydrogen (secondary N) is 2. The van der Waals surface area contributed by atoms with E-state index in [1.807, 2.05) is 0 Å². The Balaban J connectivity index is 1.58. The van der Waals surface area contributed by atoms with E-state index in [4.69, 9.17) is 9.73 Å². The maximum absolute atomic E-state index is 11.7. The maximum Gasteiger partial charge on any atom is 0.191 e. The van der Waals surface area contributed by atoms with Gasteiger partial charge in [0.05, 0.1) is 11.5 Å². The third-order valence-corrected chi connectivity index (χ3v) is 7.91. The lowest BCUT2D eigenvalue weighted by Gasteiger charge is -2.36. The number of hydrogen-bond donors (Lipinski definition) is 2. The van der Waals surface area contributed by atoms with Gasteiger partial charge >= 0.3 is 0 Å². The van der Waals surface area contributed by atoms with Gasteiger partial charge in [-0.3, -0.25) is 4.99 Å². The molecular weight excluding hydrogens is 350 g/mol. The molecule has 0 bridgehead atoms. The predicted octanol–water partition coefficient (Wildman–Crippen LogP) is 2.10. The Kier molecular flexibility index (Phi) is 6.49. The lowest BCUT2D eigenvalue weighted by Crippen LogP contribution is -2.50. The molecule has 0 aromatic rings. The monoisotopic (exact) mass is 385 g/mol. The van der Waals surface area contributed by atoms with Crippen LogP contribution >= 0.6 is 0 Å². The highest BCUT2D eigenvalue weighted by Gasteiger charge is 2.29. The number of rotatable bonds is 4. The van der Waals surface area contributed by atoms with Crippen molar-refractivity contribution in [2.75, 3.05) is 31.3 Å². The fraction of sp³-hybridized carbons (Fsp3) is 0.947. The van der Waals surface area contributed by atoms with Gasteiger partial charge in [0.1, 0.15) is 0 Å². The van der Waals surface area contributed by atoms with Crippen LogP contribution in [0, 0.1) is 11.3 Å². The summed E-state index contributed by atoms with van der Waals surface area (Å²) in [6.07, 6.45) is 7.53. The first-order valence-electron chi connectivity index (χ1n) is 10.2. The van der Waals surface area contributed by atoms with E-state index in [1.54, 1.807) is 0 Å². The SMILES string of the molecule is CC1(C)CCC(NC(=NCC2CCS(=O)(=O)C2)NC2CCOCC2)CC1. The quantitative estimate of drug-likeness (QED) is 0.572. The molecule has 1 aliphatic carbocycles. The number of hydrogen-bond acceptors (Lipinski definition) is 4. The Morgan fingerprint density at radius 3 is 2.23 bits per heavy atom. The molecule has 7 heteroatoms. The van der Waals surface area contributed by atoms with Crippen molar-refractivity contribution in [3.63, 3.8) is 0 Å². The molecule has 1 saturated carbocycles. The molecule has 1 atom stereocenters. The molecule has 150 valence electrons. The molecule has 2 aliphatic heterocycles. The Morgan fingerprint density at radius 1 is 1.04 bits per heavy atom. The number of aliphatic imine (C=N–C) groups is 1. The molecule has 2 saturated heterocycles. The molecule has 1 unspecified atom stereocenters. The minimum absolute atomic E-state index is 0.165. The summed E-state index contributed by atoms with van der Waals surface area (Å²) < 4.78 is 28.8. The zero-order valence-electron chi connectivity index (χ0n) is 16.3. The second-order valence-corrected chi connectivity index (χ2v) is 11.3. The van der Waals surface area contributed by atoms with Gasteiger partial charge in [0.15, 0.2) is 15.8 Å². The maximum atomic E-state index is 11.7. The number of nitrogens with zero attached hydrogens (tertiary/aromatic N) is 1. The van der Waals surface area contributed by atoms with Crippen LogP contribution in [0.5, 0.6) is 0 Å². The molecule has 0 radical (unpaired) electrons. The second kappa shape index (κ2) is 8.46. The van der Waals surface area contributed by atoms with E-state index in [9.17, 15) is 8.42 Å². The van der Waals surface area contributed by atoms with Gasteiger partial charge in [-0.25, -0.2) is 8.42 Å². The summed E-state index contributed by atoms with van der Waals surface area (Å²) >= 11 is 0. The molecule has 6 nitrogen and oxygen atoms in total. The highest BCUT2D eigenvalue weighted by molar-refractivity contribution is 7.91. The summed E-state index contributed by atoms with van der Waals surface area (Å²) in [6, 6.07) is 0.851. The molecular formula is C19H35N3O3S. The average Bonchev–Trinajstić information content (AvgIpc) is 2.94. The Hall–Kier alpha value is -0.820. The largest absolute Gasteiger partial charge is 0.381 e. The van der Waals surface area contributed by atoms with Gasteiger partial charge in [-0.2, -0.15) is 0 Å². The topological polar surface area (TPSA) is 79.8 Å². The smallest absolute Gasteiger partial charge is 0.191 e. The van der Waals surface area contributed by atoms with Crippen LogP contribution in [0.2, 0.25) is 0 Å². The van der Waals surface area contributed by atoms with Crippen molar-refractivity contribution in [2.45, 2.75) is 70.9 Å². The summed E-state index contributed by atoms with van der Waals surface area (Å²) in [4.78, 5) is 4.79. The summed E-state index contributed by atoms with van der Waals surface area (Å²) in [5.41, 5.74) is 0.446. The van der Waals surface area contributed by atoms with E-state index < -0.39 is 9.84 Å². The van der Waals surface area contributed by atoms with Gasteiger partial charge < -0.3 is 15.4 Å². The van der Waals surface area contributed by atoms with Crippen LogP contribution in [-0.2, 0) is 14.6 Å². The van der Waals surface area contributed by atoms with Crippen LogP contribution in [0.15, 0.2) is 4.99 Å². The van der Waals surface area contributed by atoms with Gasteiger partial charge in [-0.1, -0.05) is 13.8 Å². The Morgan fingerprint density at radius 2 is 1.65 bits per heavy atom. The highest BCUT2D eigenvalue weighted by Crippen LogP contribution is 2.35. The Bertz CT molecular complexity index is 587. The molecule has 0 amide bonds. The van der Waals surface area contributed by atoms with E-state index in [0.29, 0.717) is 35.5 Å². The van der Waals surface area contributed by atoms with Gasteiger partial charge in [-0.05, 0) is 56.3 Å². The van der Waals surface area contributed by atoms with Crippen molar-refractivity contribution < 1.29 is 13.2 Å². The minimum atomic E-state index is -2.84. The number of sulfone groups is 1. The van der Waals surface area contributed by atoms with Crippen molar-refractivity contribution in [3.05, 3.63) is 0 Å². The Labute approximate surface area is 158 Å². The third kappa shape index (κ3) is 6.12. The molecule has 0 spiro atoms. The normalized spacial score (nSPS) is 30.2. The van der Waals surface area contributed by atoms with Gasteiger partial charge in [0, 0.05) is 31.8 Å². The van der Waals surface area contributed by atoms with Gasteiger partial charge in [-0.15, -0.1) is 0 Å². The van der Waals surface area contributed by atoms with Gasteiger partial charge in [0.25, 0.3) is 0 Å². The summed E-state index contributed by atoms with van der Waals surface area (Å²) in [5.74, 6) is 1.64. The minimum Gasteiger partial charge on any atom is -0.381 e. The first-order valence-corrected chi connectivity index (χ1v) is 12.0. The fourth-order valence-corrected chi connectivity index (χ4v) is 5.99. The van der Waals surface area contributed by atoms with E-state index in [1.165, 1.54) is 25.7 Å². The average molecular weight is 386 g/mol. The van der Waals surface area contributed by atoms with Crippen molar-refractivity contribution in [1.82, 2.24) is 10.6 Å². The first-order chi connectivity index (χ1) is 12.3. The van der Waals surface area contributed by atoms with Crippen molar-refractivity contribution >= 4 is 15.8 Å².